The number of anilines is 1. The molecule has 1 aliphatic carbocycles. The molecule has 0 bridgehead atoms. The average Bonchev–Trinajstić information content (AvgIpc) is 2.98. The van der Waals surface area contributed by atoms with Gasteiger partial charge in [0.25, 0.3) is 0 Å². The molecule has 3 N–H and O–H groups in total. The zero-order valence-electron chi connectivity index (χ0n) is 15.9. The van der Waals surface area contributed by atoms with E-state index in [0.717, 1.165) is 36.3 Å². The molecule has 1 unspecified atom stereocenters. The monoisotopic (exact) mass is 426 g/mol. The van der Waals surface area contributed by atoms with E-state index in [0.29, 0.717) is 0 Å². The van der Waals surface area contributed by atoms with E-state index in [1.54, 1.807) is 0 Å². The molecule has 2 amide bonds. The van der Waals surface area contributed by atoms with E-state index in [9.17, 15) is 18.3 Å². The van der Waals surface area contributed by atoms with E-state index in [1.807, 2.05) is 13.0 Å². The normalized spacial score (nSPS) is 16.7. The van der Waals surface area contributed by atoms with Gasteiger partial charge >= 0.3 is 6.03 Å². The number of hydrogen-bond acceptors (Lipinski definition) is 5. The number of furan rings is 1. The van der Waals surface area contributed by atoms with Gasteiger partial charge in [-0.25, -0.2) is 13.2 Å². The number of carbonyl (C=O) groups excluding carboxylic acids is 1. The van der Waals surface area contributed by atoms with Gasteiger partial charge in [0.1, 0.15) is 16.4 Å². The number of nitrogens with one attached hydrogen (secondary N) is 2. The second kappa shape index (κ2) is 7.67. The maximum atomic E-state index is 12.5. The van der Waals surface area contributed by atoms with Gasteiger partial charge < -0.3 is 20.2 Å². The first kappa shape index (κ1) is 20.5. The highest BCUT2D eigenvalue weighted by Crippen LogP contribution is 2.39. The Bertz CT molecular complexity index is 1010. The number of rotatable bonds is 4. The van der Waals surface area contributed by atoms with Gasteiger partial charge in [0.05, 0.1) is 22.0 Å². The summed E-state index contributed by atoms with van der Waals surface area (Å²) in [6, 6.07) is 3.80. The number of halogens is 1. The van der Waals surface area contributed by atoms with Crippen LogP contribution in [0.1, 0.15) is 49.8 Å². The Morgan fingerprint density at radius 2 is 2.07 bits per heavy atom. The van der Waals surface area contributed by atoms with Crippen LogP contribution < -0.4 is 10.6 Å². The van der Waals surface area contributed by atoms with Crippen LogP contribution in [0.4, 0.5) is 10.5 Å². The van der Waals surface area contributed by atoms with Crippen molar-refractivity contribution in [1.82, 2.24) is 5.32 Å². The summed E-state index contributed by atoms with van der Waals surface area (Å²) in [7, 11) is -3.83. The van der Waals surface area contributed by atoms with Crippen molar-refractivity contribution < 1.29 is 22.7 Å². The Morgan fingerprint density at radius 1 is 1.36 bits per heavy atom. The van der Waals surface area contributed by atoms with Crippen molar-refractivity contribution in [2.45, 2.75) is 56.2 Å². The highest BCUT2D eigenvalue weighted by molar-refractivity contribution is 7.92. The molecule has 0 fully saturated rings. The van der Waals surface area contributed by atoms with E-state index in [2.05, 4.69) is 10.6 Å². The molecule has 0 radical (unpaired) electrons. The van der Waals surface area contributed by atoms with Gasteiger partial charge in [-0.2, -0.15) is 0 Å². The number of urea groups is 1. The predicted octanol–water partition coefficient (Wildman–Crippen LogP) is 4.33. The smallest absolute Gasteiger partial charge is 0.319 e. The number of aromatic hydroxyl groups is 1. The summed E-state index contributed by atoms with van der Waals surface area (Å²) in [5, 5.41) is 14.9. The number of hydrogen-bond donors (Lipinski definition) is 3. The molecule has 0 saturated carbocycles. The van der Waals surface area contributed by atoms with Crippen molar-refractivity contribution in [3.05, 3.63) is 40.3 Å². The zero-order chi connectivity index (χ0) is 20.6. The molecule has 0 saturated heterocycles. The molecule has 0 spiro atoms. The van der Waals surface area contributed by atoms with Gasteiger partial charge in [0.2, 0.25) is 0 Å². The van der Waals surface area contributed by atoms with Crippen LogP contribution in [-0.2, 0) is 16.3 Å². The number of phenols is 1. The summed E-state index contributed by atoms with van der Waals surface area (Å²) in [6.45, 7) is 4.84. The number of amides is 2. The van der Waals surface area contributed by atoms with Gasteiger partial charge in [0.15, 0.2) is 15.6 Å². The average molecular weight is 427 g/mol. The van der Waals surface area contributed by atoms with E-state index in [4.69, 9.17) is 16.0 Å². The van der Waals surface area contributed by atoms with Crippen LogP contribution in [0.2, 0.25) is 5.02 Å². The highest BCUT2D eigenvalue weighted by atomic mass is 35.5. The number of fused-ring (bicyclic) bond motifs is 1. The molecule has 152 valence electrons. The molecule has 1 aromatic heterocycles. The Balaban J connectivity index is 1.82. The first-order valence-electron chi connectivity index (χ1n) is 9.03. The summed E-state index contributed by atoms with van der Waals surface area (Å²) < 4.78 is 30.7. The van der Waals surface area contributed by atoms with Crippen LogP contribution in [0.25, 0.3) is 0 Å². The summed E-state index contributed by atoms with van der Waals surface area (Å²) in [5.41, 5.74) is 1.04. The molecule has 28 heavy (non-hydrogen) atoms. The van der Waals surface area contributed by atoms with Gasteiger partial charge in [0, 0.05) is 0 Å². The first-order chi connectivity index (χ1) is 13.1. The number of benzene rings is 1. The lowest BCUT2D eigenvalue weighted by Crippen LogP contribution is -2.34. The molecule has 9 heteroatoms. The minimum Gasteiger partial charge on any atom is -0.504 e. The Kier molecular flexibility index (Phi) is 5.63. The SMILES string of the molecule is Cc1cc2c(o1)C(NC(=O)Nc1ccc(Cl)c(S(=O)(=O)C(C)C)c1O)CCC2. The lowest BCUT2D eigenvalue weighted by Gasteiger charge is -2.22. The minimum absolute atomic E-state index is 0.0345. The number of carbonyl (C=O) groups is 1. The van der Waals surface area contributed by atoms with E-state index in [1.165, 1.54) is 26.0 Å². The Morgan fingerprint density at radius 3 is 2.75 bits per heavy atom. The highest BCUT2D eigenvalue weighted by Gasteiger charge is 2.29. The summed E-state index contributed by atoms with van der Waals surface area (Å²) >= 11 is 6.00. The van der Waals surface area contributed by atoms with Crippen molar-refractivity contribution in [3.63, 3.8) is 0 Å². The fraction of sp³-hybridized carbons (Fsp3) is 0.421. The Hall–Kier alpha value is -2.19. The third-order valence-corrected chi connectivity index (χ3v) is 7.41. The van der Waals surface area contributed by atoms with Crippen molar-refractivity contribution >= 4 is 33.2 Å². The van der Waals surface area contributed by atoms with E-state index in [-0.39, 0.29) is 21.6 Å². The van der Waals surface area contributed by atoms with Crippen molar-refractivity contribution in [2.75, 3.05) is 5.32 Å². The molecule has 1 heterocycles. The zero-order valence-corrected chi connectivity index (χ0v) is 17.4. The maximum Gasteiger partial charge on any atom is 0.319 e. The van der Waals surface area contributed by atoms with Crippen LogP contribution in [-0.4, -0.2) is 24.8 Å². The number of phenolic OH excluding ortho intramolecular Hbond substituents is 1. The van der Waals surface area contributed by atoms with Gasteiger partial charge in [-0.3, -0.25) is 0 Å². The lowest BCUT2D eigenvalue weighted by molar-refractivity contribution is 0.243. The third kappa shape index (κ3) is 3.84. The second-order valence-corrected chi connectivity index (χ2v) is 10.0. The van der Waals surface area contributed by atoms with E-state index >= 15 is 0 Å². The molecule has 0 aliphatic heterocycles. The minimum atomic E-state index is -3.83. The van der Waals surface area contributed by atoms with Crippen LogP contribution in [0.5, 0.6) is 5.75 Å². The standard InChI is InChI=1S/C19H23ClN2O5S/c1-10(2)28(25,26)18-13(20)7-8-14(16(18)23)21-19(24)22-15-6-4-5-12-9-11(3)27-17(12)15/h7-10,15,23H,4-6H2,1-3H3,(H2,21,22,24). The quantitative estimate of drug-likeness (QED) is 0.630. The largest absolute Gasteiger partial charge is 0.504 e. The topological polar surface area (TPSA) is 109 Å². The molecular formula is C19H23ClN2O5S. The lowest BCUT2D eigenvalue weighted by atomic mass is 9.94. The van der Waals surface area contributed by atoms with Crippen molar-refractivity contribution in [1.29, 1.82) is 0 Å². The van der Waals surface area contributed by atoms with Crippen LogP contribution >= 0.6 is 11.6 Å². The molecule has 1 aliphatic rings. The van der Waals surface area contributed by atoms with Gasteiger partial charge in [-0.05, 0) is 63.8 Å². The van der Waals surface area contributed by atoms with Crippen molar-refractivity contribution in [2.24, 2.45) is 0 Å². The fourth-order valence-electron chi connectivity index (χ4n) is 3.31. The molecule has 1 atom stereocenters. The summed E-state index contributed by atoms with van der Waals surface area (Å²) in [6.07, 6.45) is 2.55. The fourth-order valence-corrected chi connectivity index (χ4v) is 4.98. The van der Waals surface area contributed by atoms with Crippen LogP contribution in [0, 0.1) is 6.92 Å². The molecule has 3 rings (SSSR count). The second-order valence-electron chi connectivity index (χ2n) is 7.16. The molecule has 1 aromatic carbocycles. The van der Waals surface area contributed by atoms with Crippen molar-refractivity contribution in [3.8, 4) is 5.75 Å². The molecule has 2 aromatic rings. The summed E-state index contributed by atoms with van der Waals surface area (Å²) in [5.74, 6) is 0.954. The number of aryl methyl sites for hydroxylation is 2. The number of sulfone groups is 1. The maximum absolute atomic E-state index is 12.5. The van der Waals surface area contributed by atoms with Crippen LogP contribution in [0.3, 0.4) is 0 Å². The first-order valence-corrected chi connectivity index (χ1v) is 11.0. The third-order valence-electron chi connectivity index (χ3n) is 4.76. The Labute approximate surface area is 169 Å². The van der Waals surface area contributed by atoms with Gasteiger partial charge in [-0.15, -0.1) is 0 Å². The molecule has 7 nitrogen and oxygen atoms in total. The van der Waals surface area contributed by atoms with E-state index < -0.39 is 26.9 Å². The predicted molar refractivity (Wildman–Crippen MR) is 107 cm³/mol. The van der Waals surface area contributed by atoms with Gasteiger partial charge in [-0.1, -0.05) is 11.6 Å². The summed E-state index contributed by atoms with van der Waals surface area (Å²) in [4.78, 5) is 12.1. The van der Waals surface area contributed by atoms with Crippen LogP contribution in [0.15, 0.2) is 27.5 Å². The molecular weight excluding hydrogens is 404 g/mol.